The Balaban J connectivity index is 1.46. The largest absolute Gasteiger partial charge is 0.316 e. The van der Waals surface area contributed by atoms with E-state index in [0.29, 0.717) is 0 Å². The van der Waals surface area contributed by atoms with Crippen LogP contribution in [-0.2, 0) is 0 Å². The summed E-state index contributed by atoms with van der Waals surface area (Å²) in [5, 5.41) is 7.13. The van der Waals surface area contributed by atoms with Gasteiger partial charge < -0.3 is 10.6 Å². The molecule has 0 amide bonds. The molecule has 2 rings (SSSR count). The highest BCUT2D eigenvalue weighted by Crippen LogP contribution is 2.35. The highest BCUT2D eigenvalue weighted by Gasteiger charge is 2.27. The molecule has 1 aliphatic heterocycles. The second kappa shape index (κ2) is 5.13. The summed E-state index contributed by atoms with van der Waals surface area (Å²) in [7, 11) is 0. The summed E-state index contributed by atoms with van der Waals surface area (Å²) in [4.78, 5) is 0. The lowest BCUT2D eigenvalue weighted by molar-refractivity contribution is 0.443. The smallest absolute Gasteiger partial charge is 0.00796 e. The second-order valence-corrected chi connectivity index (χ2v) is 5.10. The summed E-state index contributed by atoms with van der Waals surface area (Å²) in [5.41, 5.74) is 0. The van der Waals surface area contributed by atoms with E-state index in [2.05, 4.69) is 17.6 Å². The molecule has 2 unspecified atom stereocenters. The first-order valence-corrected chi connectivity index (χ1v) is 6.30. The van der Waals surface area contributed by atoms with Gasteiger partial charge in [0.1, 0.15) is 0 Å². The van der Waals surface area contributed by atoms with Gasteiger partial charge >= 0.3 is 0 Å². The Morgan fingerprint density at radius 1 is 1.36 bits per heavy atom. The Morgan fingerprint density at radius 2 is 2.21 bits per heavy atom. The lowest BCUT2D eigenvalue weighted by Gasteiger charge is -2.13. The summed E-state index contributed by atoms with van der Waals surface area (Å²) < 4.78 is 0. The van der Waals surface area contributed by atoms with Crippen molar-refractivity contribution in [2.45, 2.75) is 45.1 Å². The molecule has 0 radical (unpaired) electrons. The van der Waals surface area contributed by atoms with E-state index in [1.54, 1.807) is 0 Å². The van der Waals surface area contributed by atoms with E-state index in [9.17, 15) is 0 Å². The molecule has 0 aromatic heterocycles. The van der Waals surface area contributed by atoms with E-state index in [1.807, 2.05) is 0 Å². The quantitative estimate of drug-likeness (QED) is 0.633. The number of rotatable bonds is 6. The lowest BCUT2D eigenvalue weighted by Crippen LogP contribution is -2.29. The minimum Gasteiger partial charge on any atom is -0.316 e. The van der Waals surface area contributed by atoms with Crippen LogP contribution < -0.4 is 10.6 Å². The molecule has 2 nitrogen and oxygen atoms in total. The van der Waals surface area contributed by atoms with Crippen LogP contribution in [0.3, 0.4) is 0 Å². The van der Waals surface area contributed by atoms with Crippen LogP contribution >= 0.6 is 0 Å². The topological polar surface area (TPSA) is 24.1 Å². The molecule has 0 bridgehead atoms. The van der Waals surface area contributed by atoms with Crippen molar-refractivity contribution < 1.29 is 0 Å². The Morgan fingerprint density at radius 3 is 2.86 bits per heavy atom. The van der Waals surface area contributed by atoms with Crippen molar-refractivity contribution in [1.82, 2.24) is 10.6 Å². The molecule has 2 aliphatic rings. The maximum absolute atomic E-state index is 3.59. The third-order valence-electron chi connectivity index (χ3n) is 3.73. The van der Waals surface area contributed by atoms with Gasteiger partial charge in [-0.2, -0.15) is 0 Å². The van der Waals surface area contributed by atoms with Crippen LogP contribution in [0, 0.1) is 11.8 Å². The lowest BCUT2D eigenvalue weighted by atomic mass is 10.1. The summed E-state index contributed by atoms with van der Waals surface area (Å²) in [6, 6.07) is 0.804. The average molecular weight is 196 g/mol. The van der Waals surface area contributed by atoms with Gasteiger partial charge in [-0.25, -0.2) is 0 Å². The van der Waals surface area contributed by atoms with Crippen molar-refractivity contribution in [3.63, 3.8) is 0 Å². The van der Waals surface area contributed by atoms with Gasteiger partial charge in [-0.1, -0.05) is 6.92 Å². The zero-order valence-electron chi connectivity index (χ0n) is 9.39. The molecule has 1 saturated heterocycles. The van der Waals surface area contributed by atoms with Crippen LogP contribution in [0.15, 0.2) is 0 Å². The van der Waals surface area contributed by atoms with Crippen molar-refractivity contribution in [1.29, 1.82) is 0 Å². The van der Waals surface area contributed by atoms with Crippen molar-refractivity contribution in [2.24, 2.45) is 11.8 Å². The zero-order valence-corrected chi connectivity index (χ0v) is 9.39. The fraction of sp³-hybridized carbons (Fsp3) is 1.00. The van der Waals surface area contributed by atoms with Gasteiger partial charge in [0.25, 0.3) is 0 Å². The number of hydrogen-bond acceptors (Lipinski definition) is 2. The summed E-state index contributed by atoms with van der Waals surface area (Å²) in [6.07, 6.45) is 7.04. The molecule has 0 aromatic carbocycles. The van der Waals surface area contributed by atoms with Gasteiger partial charge in [0.05, 0.1) is 0 Å². The highest BCUT2D eigenvalue weighted by atomic mass is 14.9. The van der Waals surface area contributed by atoms with Crippen LogP contribution in [0.5, 0.6) is 0 Å². The van der Waals surface area contributed by atoms with Gasteiger partial charge in [0.15, 0.2) is 0 Å². The van der Waals surface area contributed by atoms with Gasteiger partial charge in [0.2, 0.25) is 0 Å². The Kier molecular flexibility index (Phi) is 3.82. The molecule has 2 atom stereocenters. The SMILES string of the molecule is CC(CNCCC1CCCN1)C1CC1. The first-order valence-electron chi connectivity index (χ1n) is 6.30. The van der Waals surface area contributed by atoms with E-state index < -0.39 is 0 Å². The fourth-order valence-corrected chi connectivity index (χ4v) is 2.44. The van der Waals surface area contributed by atoms with Gasteiger partial charge in [-0.15, -0.1) is 0 Å². The van der Waals surface area contributed by atoms with Crippen molar-refractivity contribution in [3.05, 3.63) is 0 Å². The minimum absolute atomic E-state index is 0.804. The molecule has 0 spiro atoms. The van der Waals surface area contributed by atoms with Crippen LogP contribution in [0.2, 0.25) is 0 Å². The predicted molar refractivity (Wildman–Crippen MR) is 60.4 cm³/mol. The van der Waals surface area contributed by atoms with Crippen LogP contribution in [0.25, 0.3) is 0 Å². The number of nitrogens with one attached hydrogen (secondary N) is 2. The van der Waals surface area contributed by atoms with E-state index in [0.717, 1.165) is 17.9 Å². The van der Waals surface area contributed by atoms with Gasteiger partial charge in [-0.05, 0) is 63.6 Å². The maximum atomic E-state index is 3.59. The fourth-order valence-electron chi connectivity index (χ4n) is 2.44. The van der Waals surface area contributed by atoms with E-state index in [4.69, 9.17) is 0 Å². The first kappa shape index (κ1) is 10.4. The highest BCUT2D eigenvalue weighted by molar-refractivity contribution is 4.80. The monoisotopic (exact) mass is 196 g/mol. The molecule has 14 heavy (non-hydrogen) atoms. The zero-order chi connectivity index (χ0) is 9.80. The maximum Gasteiger partial charge on any atom is 0.00796 e. The molecule has 2 heteroatoms. The molecule has 82 valence electrons. The van der Waals surface area contributed by atoms with E-state index >= 15 is 0 Å². The summed E-state index contributed by atoms with van der Waals surface area (Å²) >= 11 is 0. The molecule has 2 fully saturated rings. The Labute approximate surface area is 87.8 Å². The van der Waals surface area contributed by atoms with Crippen LogP contribution in [0.1, 0.15) is 39.0 Å². The van der Waals surface area contributed by atoms with E-state index in [-0.39, 0.29) is 0 Å². The Bertz CT molecular complexity index is 156. The van der Waals surface area contributed by atoms with Gasteiger partial charge in [0, 0.05) is 6.04 Å². The molecule has 0 aromatic rings. The number of hydrogen-bond donors (Lipinski definition) is 2. The van der Waals surface area contributed by atoms with Gasteiger partial charge in [-0.3, -0.25) is 0 Å². The molecule has 1 aliphatic carbocycles. The van der Waals surface area contributed by atoms with Crippen molar-refractivity contribution in [2.75, 3.05) is 19.6 Å². The standard InChI is InChI=1S/C12H24N2/c1-10(11-4-5-11)9-13-8-6-12-3-2-7-14-12/h10-14H,2-9H2,1H3. The molecule has 1 heterocycles. The van der Waals surface area contributed by atoms with E-state index in [1.165, 1.54) is 51.7 Å². The first-order chi connectivity index (χ1) is 6.86. The van der Waals surface area contributed by atoms with Crippen LogP contribution in [0.4, 0.5) is 0 Å². The summed E-state index contributed by atoms with van der Waals surface area (Å²) in [5.74, 6) is 1.96. The van der Waals surface area contributed by atoms with Crippen molar-refractivity contribution >= 4 is 0 Å². The minimum atomic E-state index is 0.804. The third-order valence-corrected chi connectivity index (χ3v) is 3.73. The molecule has 1 saturated carbocycles. The predicted octanol–water partition coefficient (Wildman–Crippen LogP) is 1.76. The molecular weight excluding hydrogens is 172 g/mol. The van der Waals surface area contributed by atoms with Crippen LogP contribution in [-0.4, -0.2) is 25.7 Å². The third kappa shape index (κ3) is 3.25. The molecular formula is C12H24N2. The Hall–Kier alpha value is -0.0800. The normalized spacial score (nSPS) is 29.4. The molecule has 2 N–H and O–H groups in total. The van der Waals surface area contributed by atoms with Crippen molar-refractivity contribution in [3.8, 4) is 0 Å². The second-order valence-electron chi connectivity index (χ2n) is 5.10. The summed E-state index contributed by atoms with van der Waals surface area (Å²) in [6.45, 7) is 6.06. The average Bonchev–Trinajstić information content (AvgIpc) is 2.92.